The molecule has 2 fully saturated rings. The molecule has 1 amide bonds. The van der Waals surface area contributed by atoms with E-state index in [1.807, 2.05) is 0 Å². The molecular formula is C27H25N3O10. The smallest absolute Gasteiger partial charge is 0.456 e. The first-order valence-corrected chi connectivity index (χ1v) is 12.7. The Kier molecular flexibility index (Phi) is 7.20. The largest absolute Gasteiger partial charge is 0.508 e. The van der Waals surface area contributed by atoms with Crippen molar-refractivity contribution in [1.29, 1.82) is 0 Å². The summed E-state index contributed by atoms with van der Waals surface area (Å²) in [6.07, 6.45) is 0.221. The topological polar surface area (TPSA) is 168 Å². The summed E-state index contributed by atoms with van der Waals surface area (Å²) in [4.78, 5) is 61.3. The van der Waals surface area contributed by atoms with E-state index in [0.29, 0.717) is 6.42 Å². The van der Waals surface area contributed by atoms with Gasteiger partial charge >= 0.3 is 12.1 Å². The van der Waals surface area contributed by atoms with Crippen LogP contribution >= 0.6 is 0 Å². The van der Waals surface area contributed by atoms with Crippen molar-refractivity contribution >= 4 is 29.4 Å². The van der Waals surface area contributed by atoms with E-state index in [0.717, 1.165) is 18.4 Å². The molecule has 5 rings (SSSR count). The van der Waals surface area contributed by atoms with E-state index in [-0.39, 0.29) is 47.3 Å². The van der Waals surface area contributed by atoms with Crippen LogP contribution in [-0.2, 0) is 37.0 Å². The van der Waals surface area contributed by atoms with Crippen molar-refractivity contribution in [3.63, 3.8) is 0 Å². The van der Waals surface area contributed by atoms with Crippen LogP contribution in [0.5, 0.6) is 0 Å². The number of ether oxygens (including phenoxy) is 3. The van der Waals surface area contributed by atoms with Crippen molar-refractivity contribution < 1.29 is 38.4 Å². The van der Waals surface area contributed by atoms with Crippen LogP contribution in [0.2, 0.25) is 0 Å². The van der Waals surface area contributed by atoms with Crippen LogP contribution in [0.3, 0.4) is 0 Å². The van der Waals surface area contributed by atoms with Crippen molar-refractivity contribution in [2.75, 3.05) is 0 Å². The first kappa shape index (κ1) is 26.8. The fourth-order valence-corrected chi connectivity index (χ4v) is 5.30. The van der Waals surface area contributed by atoms with E-state index < -0.39 is 45.9 Å². The molecule has 1 aliphatic carbocycles. The Labute approximate surface area is 227 Å². The minimum Gasteiger partial charge on any atom is -0.456 e. The van der Waals surface area contributed by atoms with Gasteiger partial charge in [-0.1, -0.05) is 24.3 Å². The number of amides is 1. The lowest BCUT2D eigenvalue weighted by atomic mass is 9.82. The van der Waals surface area contributed by atoms with E-state index in [2.05, 4.69) is 0 Å². The molecule has 2 aromatic rings. The molecule has 208 valence electrons. The summed E-state index contributed by atoms with van der Waals surface area (Å²) in [6.45, 7) is 0.853. The maximum atomic E-state index is 13.2. The number of benzene rings is 2. The number of nitro groups is 2. The highest BCUT2D eigenvalue weighted by atomic mass is 16.7. The Morgan fingerprint density at radius 1 is 0.950 bits per heavy atom. The van der Waals surface area contributed by atoms with Crippen LogP contribution in [0, 0.1) is 32.1 Å². The van der Waals surface area contributed by atoms with Gasteiger partial charge in [0, 0.05) is 12.1 Å². The predicted octanol–water partition coefficient (Wildman–Crippen LogP) is 4.18. The third kappa shape index (κ3) is 5.09. The summed E-state index contributed by atoms with van der Waals surface area (Å²) in [5, 5.41) is 22.4. The number of hydrogen-bond acceptors (Lipinski definition) is 10. The van der Waals surface area contributed by atoms with Gasteiger partial charge in [-0.3, -0.25) is 25.0 Å². The zero-order valence-corrected chi connectivity index (χ0v) is 21.4. The van der Waals surface area contributed by atoms with Crippen molar-refractivity contribution in [2.24, 2.45) is 11.8 Å². The molecule has 3 aliphatic rings. The molecule has 0 unspecified atom stereocenters. The number of esters is 1. The number of nitrogens with zero attached hydrogens (tertiary/aromatic N) is 3. The molecule has 0 N–H and O–H groups in total. The third-order valence-corrected chi connectivity index (χ3v) is 7.38. The second kappa shape index (κ2) is 10.8. The number of hydrogen-bond donors (Lipinski definition) is 0. The number of carbonyl (C=O) groups excluding carboxylic acids is 3. The van der Waals surface area contributed by atoms with Gasteiger partial charge in [-0.05, 0) is 49.8 Å². The van der Waals surface area contributed by atoms with Gasteiger partial charge in [0.1, 0.15) is 25.0 Å². The van der Waals surface area contributed by atoms with E-state index >= 15 is 0 Å². The molecule has 13 heteroatoms. The molecule has 0 spiro atoms. The lowest BCUT2D eigenvalue weighted by Crippen LogP contribution is -2.62. The monoisotopic (exact) mass is 551 g/mol. The van der Waals surface area contributed by atoms with E-state index in [1.165, 1.54) is 41.3 Å². The Hall–Kier alpha value is -4.81. The van der Waals surface area contributed by atoms with Gasteiger partial charge in [-0.15, -0.1) is 0 Å². The number of carbonyl (C=O) groups is 3. The number of β-lactam (4-membered cyclic amide) rings is 1. The lowest BCUT2D eigenvalue weighted by Gasteiger charge is -2.45. The molecule has 0 radical (unpaired) electrons. The minimum absolute atomic E-state index is 0.149. The molecule has 2 aromatic carbocycles. The Balaban J connectivity index is 1.21. The highest BCUT2D eigenvalue weighted by molar-refractivity contribution is 6.00. The summed E-state index contributed by atoms with van der Waals surface area (Å²) in [7, 11) is 0. The fraction of sp³-hybridized carbons (Fsp3) is 0.370. The quantitative estimate of drug-likeness (QED) is 0.181. The maximum absolute atomic E-state index is 13.2. The van der Waals surface area contributed by atoms with Crippen molar-refractivity contribution in [1.82, 2.24) is 4.90 Å². The van der Waals surface area contributed by atoms with Gasteiger partial charge in [0.15, 0.2) is 0 Å². The molecule has 1 saturated carbocycles. The van der Waals surface area contributed by atoms with Gasteiger partial charge in [-0.2, -0.15) is 0 Å². The standard InChI is InChI=1S/C27H25N3O10/c1-15(40-27(33)39-14-18-7-3-5-9-21(18)30(36)37)23-22-12-19(16-10-11-16)24(28(22)25(23)31)26(32)38-13-17-6-2-4-8-20(17)29(34)35/h2-9,15-16,22-23H,10-14H2,1H3/t15-,22-,23-/m1/s1. The molecule has 40 heavy (non-hydrogen) atoms. The van der Waals surface area contributed by atoms with Gasteiger partial charge in [0.2, 0.25) is 5.91 Å². The molecular weight excluding hydrogens is 526 g/mol. The van der Waals surface area contributed by atoms with Crippen LogP contribution in [-0.4, -0.2) is 44.9 Å². The van der Waals surface area contributed by atoms with Gasteiger partial charge in [0.05, 0.1) is 32.9 Å². The highest BCUT2D eigenvalue weighted by Crippen LogP contribution is 2.51. The zero-order chi connectivity index (χ0) is 28.6. The number of nitro benzene ring substituents is 2. The van der Waals surface area contributed by atoms with Crippen molar-refractivity contribution in [2.45, 2.75) is 51.5 Å². The van der Waals surface area contributed by atoms with Crippen LogP contribution in [0.4, 0.5) is 16.2 Å². The van der Waals surface area contributed by atoms with Gasteiger partial charge in [0.25, 0.3) is 11.4 Å². The fourth-order valence-electron chi connectivity index (χ4n) is 5.30. The Morgan fingerprint density at radius 2 is 1.50 bits per heavy atom. The van der Waals surface area contributed by atoms with Crippen LogP contribution < -0.4 is 0 Å². The number of para-hydroxylation sites is 2. The molecule has 13 nitrogen and oxygen atoms in total. The molecule has 0 bridgehead atoms. The Morgan fingerprint density at radius 3 is 2.05 bits per heavy atom. The maximum Gasteiger partial charge on any atom is 0.508 e. The van der Waals surface area contributed by atoms with Crippen LogP contribution in [0.1, 0.15) is 37.3 Å². The summed E-state index contributed by atoms with van der Waals surface area (Å²) in [6, 6.07) is 11.4. The van der Waals surface area contributed by atoms with E-state index in [1.54, 1.807) is 19.1 Å². The van der Waals surface area contributed by atoms with Crippen molar-refractivity contribution in [3.05, 3.63) is 91.2 Å². The molecule has 3 atom stereocenters. The first-order valence-electron chi connectivity index (χ1n) is 12.7. The lowest BCUT2D eigenvalue weighted by molar-refractivity contribution is -0.386. The summed E-state index contributed by atoms with van der Waals surface area (Å²) < 4.78 is 15.8. The zero-order valence-electron chi connectivity index (χ0n) is 21.4. The SMILES string of the molecule is C[C@@H](OC(=O)OCc1ccccc1[N+](=O)[O-])[C@H]1C(=O)N2C(C(=O)OCc3ccccc3[N+](=O)[O-])=C(C3CC3)C[C@H]12. The van der Waals surface area contributed by atoms with Gasteiger partial charge in [-0.25, -0.2) is 9.59 Å². The van der Waals surface area contributed by atoms with Gasteiger partial charge < -0.3 is 19.1 Å². The van der Waals surface area contributed by atoms with Crippen LogP contribution in [0.25, 0.3) is 0 Å². The average Bonchev–Trinajstić information content (AvgIpc) is 3.72. The summed E-state index contributed by atoms with van der Waals surface area (Å²) in [5.41, 5.74) is 1.03. The normalized spacial score (nSPS) is 20.3. The van der Waals surface area contributed by atoms with Crippen LogP contribution in [0.15, 0.2) is 59.8 Å². The predicted molar refractivity (Wildman–Crippen MR) is 135 cm³/mol. The third-order valence-electron chi connectivity index (χ3n) is 7.38. The summed E-state index contributed by atoms with van der Waals surface area (Å²) in [5.74, 6) is -1.70. The van der Waals surface area contributed by atoms with E-state index in [9.17, 15) is 34.6 Å². The van der Waals surface area contributed by atoms with E-state index in [4.69, 9.17) is 14.2 Å². The molecule has 0 aromatic heterocycles. The second-order valence-corrected chi connectivity index (χ2v) is 9.86. The number of rotatable bonds is 10. The molecule has 2 heterocycles. The Bertz CT molecular complexity index is 1430. The molecule has 1 saturated heterocycles. The number of fused-ring (bicyclic) bond motifs is 1. The first-order chi connectivity index (χ1) is 19.2. The average molecular weight is 552 g/mol. The highest BCUT2D eigenvalue weighted by Gasteiger charge is 2.59. The second-order valence-electron chi connectivity index (χ2n) is 9.86. The summed E-state index contributed by atoms with van der Waals surface area (Å²) >= 11 is 0. The minimum atomic E-state index is -1.07. The van der Waals surface area contributed by atoms with Crippen molar-refractivity contribution in [3.8, 4) is 0 Å². The molecule has 2 aliphatic heterocycles.